The first-order valence-corrected chi connectivity index (χ1v) is 8.39. The predicted molar refractivity (Wildman–Crippen MR) is 89.3 cm³/mol. The fourth-order valence-corrected chi connectivity index (χ4v) is 3.20. The molecule has 0 heterocycles. The second-order valence-corrected chi connectivity index (χ2v) is 7.41. The maximum absolute atomic E-state index is 6.45. The van der Waals surface area contributed by atoms with Gasteiger partial charge in [-0.1, -0.05) is 50.6 Å². The van der Waals surface area contributed by atoms with Crippen molar-refractivity contribution in [2.45, 2.75) is 78.0 Å². The molecule has 0 saturated heterocycles. The lowest BCUT2D eigenvalue weighted by molar-refractivity contribution is -0.0575. The van der Waals surface area contributed by atoms with Crippen LogP contribution in [0.2, 0.25) is 0 Å². The van der Waals surface area contributed by atoms with E-state index >= 15 is 0 Å². The molecule has 0 aliphatic heterocycles. The molecule has 2 unspecified atom stereocenters. The summed E-state index contributed by atoms with van der Waals surface area (Å²) in [6.07, 6.45) is 6.15. The predicted octanol–water partition coefficient (Wildman–Crippen LogP) is 4.76. The van der Waals surface area contributed by atoms with Gasteiger partial charge in [-0.05, 0) is 50.0 Å². The van der Waals surface area contributed by atoms with E-state index in [1.165, 1.54) is 24.0 Å². The molecule has 2 nitrogen and oxygen atoms in total. The number of ether oxygens (including phenoxy) is 1. The van der Waals surface area contributed by atoms with Crippen molar-refractivity contribution >= 4 is 0 Å². The van der Waals surface area contributed by atoms with Crippen molar-refractivity contribution in [3.05, 3.63) is 35.4 Å². The third kappa shape index (κ3) is 4.55. The summed E-state index contributed by atoms with van der Waals surface area (Å²) in [5.74, 6) is 0. The Morgan fingerprint density at radius 2 is 1.95 bits per heavy atom. The van der Waals surface area contributed by atoms with Gasteiger partial charge in [0.05, 0.1) is 12.2 Å². The number of hydrogen-bond donors (Lipinski definition) is 1. The zero-order chi connectivity index (χ0) is 15.5. The largest absolute Gasteiger partial charge is 0.369 e. The van der Waals surface area contributed by atoms with Crippen molar-refractivity contribution in [1.29, 1.82) is 0 Å². The van der Waals surface area contributed by atoms with Gasteiger partial charge in [-0.25, -0.2) is 0 Å². The lowest BCUT2D eigenvalue weighted by Gasteiger charge is -2.37. The van der Waals surface area contributed by atoms with Gasteiger partial charge in [0.2, 0.25) is 0 Å². The minimum atomic E-state index is 0.0288. The van der Waals surface area contributed by atoms with Crippen molar-refractivity contribution in [3.8, 4) is 0 Å². The fourth-order valence-electron chi connectivity index (χ4n) is 3.20. The number of hydrogen-bond acceptors (Lipinski definition) is 2. The molecule has 0 aromatic heterocycles. The van der Waals surface area contributed by atoms with Gasteiger partial charge in [0.15, 0.2) is 0 Å². The van der Waals surface area contributed by atoms with Gasteiger partial charge in [-0.15, -0.1) is 0 Å². The van der Waals surface area contributed by atoms with Gasteiger partial charge in [0.1, 0.15) is 0 Å². The highest BCUT2D eigenvalue weighted by atomic mass is 16.5. The molecule has 2 rings (SSSR count). The molecule has 1 saturated carbocycles. The van der Waals surface area contributed by atoms with Gasteiger partial charge < -0.3 is 10.5 Å². The van der Waals surface area contributed by atoms with Crippen LogP contribution in [0.25, 0.3) is 0 Å². The van der Waals surface area contributed by atoms with E-state index < -0.39 is 0 Å². The van der Waals surface area contributed by atoms with Gasteiger partial charge in [-0.2, -0.15) is 0 Å². The van der Waals surface area contributed by atoms with Crippen LogP contribution in [0.15, 0.2) is 24.3 Å². The summed E-state index contributed by atoms with van der Waals surface area (Å²) < 4.78 is 6.45. The molecule has 1 aliphatic carbocycles. The summed E-state index contributed by atoms with van der Waals surface area (Å²) in [5, 5.41) is 0. The van der Waals surface area contributed by atoms with Crippen LogP contribution in [-0.2, 0) is 4.74 Å². The summed E-state index contributed by atoms with van der Waals surface area (Å²) >= 11 is 0. The molecule has 0 radical (unpaired) electrons. The van der Waals surface area contributed by atoms with E-state index in [0.717, 1.165) is 19.3 Å². The number of benzene rings is 1. The van der Waals surface area contributed by atoms with Gasteiger partial charge in [0.25, 0.3) is 0 Å². The highest BCUT2D eigenvalue weighted by Crippen LogP contribution is 2.38. The minimum absolute atomic E-state index is 0.0288. The van der Waals surface area contributed by atoms with Gasteiger partial charge in [-0.3, -0.25) is 0 Å². The van der Waals surface area contributed by atoms with Crippen LogP contribution in [-0.4, -0.2) is 12.1 Å². The molecule has 1 aliphatic rings. The average molecular weight is 289 g/mol. The number of nitrogens with two attached hydrogens (primary N) is 1. The first kappa shape index (κ1) is 16.5. The van der Waals surface area contributed by atoms with Crippen molar-refractivity contribution in [3.63, 3.8) is 0 Å². The Hall–Kier alpha value is -0.860. The second kappa shape index (κ2) is 6.93. The Kier molecular flexibility index (Phi) is 5.45. The van der Waals surface area contributed by atoms with Crippen molar-refractivity contribution in [2.75, 3.05) is 0 Å². The molecule has 0 bridgehead atoms. The molecule has 118 valence electrons. The summed E-state index contributed by atoms with van der Waals surface area (Å²) in [6, 6.07) is 8.67. The molecule has 2 atom stereocenters. The van der Waals surface area contributed by atoms with E-state index in [4.69, 9.17) is 10.5 Å². The standard InChI is InChI=1S/C19H31NO/c1-5-17(20)18(15-8-6-7-14(2)13-15)21-16-9-11-19(3,4)12-10-16/h6-8,13,16-18H,5,9-12,20H2,1-4H3. The summed E-state index contributed by atoms with van der Waals surface area (Å²) in [4.78, 5) is 0. The molecule has 1 aromatic rings. The van der Waals surface area contributed by atoms with E-state index in [1.807, 2.05) is 0 Å². The molecule has 21 heavy (non-hydrogen) atoms. The monoisotopic (exact) mass is 289 g/mol. The van der Waals surface area contributed by atoms with E-state index in [-0.39, 0.29) is 12.1 Å². The Balaban J connectivity index is 2.07. The smallest absolute Gasteiger partial charge is 0.0979 e. The Labute approximate surface area is 130 Å². The van der Waals surface area contributed by atoms with Crippen LogP contribution in [0, 0.1) is 12.3 Å². The highest BCUT2D eigenvalue weighted by molar-refractivity contribution is 5.25. The highest BCUT2D eigenvalue weighted by Gasteiger charge is 2.30. The summed E-state index contributed by atoms with van der Waals surface area (Å²) in [6.45, 7) is 8.99. The molecule has 1 aromatic carbocycles. The van der Waals surface area contributed by atoms with Crippen LogP contribution in [0.4, 0.5) is 0 Å². The van der Waals surface area contributed by atoms with Crippen LogP contribution in [0.3, 0.4) is 0 Å². The van der Waals surface area contributed by atoms with Crippen LogP contribution in [0.5, 0.6) is 0 Å². The maximum atomic E-state index is 6.45. The van der Waals surface area contributed by atoms with E-state index in [1.54, 1.807) is 0 Å². The molecule has 1 fully saturated rings. The van der Waals surface area contributed by atoms with E-state index in [0.29, 0.717) is 11.5 Å². The molecular weight excluding hydrogens is 258 g/mol. The normalized spacial score (nSPS) is 22.0. The Morgan fingerprint density at radius 3 is 2.52 bits per heavy atom. The molecule has 2 N–H and O–H groups in total. The topological polar surface area (TPSA) is 35.2 Å². The summed E-state index contributed by atoms with van der Waals surface area (Å²) in [7, 11) is 0. The van der Waals surface area contributed by atoms with E-state index in [9.17, 15) is 0 Å². The van der Waals surface area contributed by atoms with Crippen LogP contribution < -0.4 is 5.73 Å². The SMILES string of the molecule is CCC(N)C(OC1CCC(C)(C)CC1)c1cccc(C)c1. The van der Waals surface area contributed by atoms with Crippen molar-refractivity contribution < 1.29 is 4.74 Å². The van der Waals surface area contributed by atoms with Gasteiger partial charge in [0, 0.05) is 6.04 Å². The number of aryl methyl sites for hydroxylation is 1. The van der Waals surface area contributed by atoms with Crippen molar-refractivity contribution in [2.24, 2.45) is 11.1 Å². The van der Waals surface area contributed by atoms with Crippen LogP contribution >= 0.6 is 0 Å². The van der Waals surface area contributed by atoms with E-state index in [2.05, 4.69) is 52.0 Å². The van der Waals surface area contributed by atoms with Crippen LogP contribution in [0.1, 0.15) is 70.1 Å². The lowest BCUT2D eigenvalue weighted by atomic mass is 9.76. The van der Waals surface area contributed by atoms with Crippen molar-refractivity contribution in [1.82, 2.24) is 0 Å². The third-order valence-corrected chi connectivity index (χ3v) is 4.86. The zero-order valence-corrected chi connectivity index (χ0v) is 14.1. The second-order valence-electron chi connectivity index (χ2n) is 7.41. The average Bonchev–Trinajstić information content (AvgIpc) is 2.45. The molecular formula is C19H31NO. The third-order valence-electron chi connectivity index (χ3n) is 4.86. The fraction of sp³-hybridized carbons (Fsp3) is 0.684. The van der Waals surface area contributed by atoms with Gasteiger partial charge >= 0.3 is 0 Å². The first-order chi connectivity index (χ1) is 9.91. The summed E-state index contributed by atoms with van der Waals surface area (Å²) in [5.41, 5.74) is 9.33. The molecule has 2 heteroatoms. The Bertz CT molecular complexity index is 445. The molecule has 0 spiro atoms. The zero-order valence-electron chi connectivity index (χ0n) is 14.1. The number of rotatable bonds is 5. The lowest BCUT2D eigenvalue weighted by Crippen LogP contribution is -2.35. The minimum Gasteiger partial charge on any atom is -0.369 e. The maximum Gasteiger partial charge on any atom is 0.0979 e. The molecule has 0 amide bonds. The first-order valence-electron chi connectivity index (χ1n) is 8.39. The Morgan fingerprint density at radius 1 is 1.29 bits per heavy atom. The quantitative estimate of drug-likeness (QED) is 0.848.